The number of rotatable bonds is 27. The Kier molecular flexibility index (Phi) is 22.3. The summed E-state index contributed by atoms with van der Waals surface area (Å²) in [6, 6.07) is -8.46. The average molecular weight is 920 g/mol. The molecule has 0 aliphatic carbocycles. The predicted molar refractivity (Wildman–Crippen MR) is 240 cm³/mol. The zero-order valence-electron chi connectivity index (χ0n) is 38.9. The fourth-order valence-electron chi connectivity index (χ4n) is 7.03. The number of aliphatic hydroxyl groups excluding tert-OH is 1. The molecule has 0 unspecified atom stereocenters. The van der Waals surface area contributed by atoms with Gasteiger partial charge in [-0.2, -0.15) is 0 Å². The molecule has 9 atom stereocenters. The monoisotopic (exact) mass is 920 g/mol. The van der Waals surface area contributed by atoms with Gasteiger partial charge in [-0.05, 0) is 63.7 Å². The summed E-state index contributed by atoms with van der Waals surface area (Å²) in [6.45, 7) is 13.0. The highest BCUT2D eigenvalue weighted by Crippen LogP contribution is 2.21. The number of guanidine groups is 1. The van der Waals surface area contributed by atoms with Crippen LogP contribution < -0.4 is 49.1 Å². The van der Waals surface area contributed by atoms with Crippen molar-refractivity contribution in [2.24, 2.45) is 39.9 Å². The van der Waals surface area contributed by atoms with Gasteiger partial charge in [-0.3, -0.25) is 38.6 Å². The van der Waals surface area contributed by atoms with Gasteiger partial charge in [0.15, 0.2) is 5.96 Å². The lowest BCUT2D eigenvalue weighted by Gasteiger charge is -2.32. The molecule has 0 aromatic carbocycles. The van der Waals surface area contributed by atoms with Gasteiger partial charge in [-0.15, -0.1) is 0 Å². The molecule has 1 aliphatic heterocycles. The predicted octanol–water partition coefficient (Wildman–Crippen LogP) is -2.14. The molecular weight excluding hydrogens is 847 g/mol. The summed E-state index contributed by atoms with van der Waals surface area (Å²) in [5.74, 6) is -7.74. The maximum Gasteiger partial charge on any atom is 0.326 e. The molecule has 15 N–H and O–H groups in total. The summed E-state index contributed by atoms with van der Waals surface area (Å²) in [4.78, 5) is 120. The third-order valence-corrected chi connectivity index (χ3v) is 11.5. The van der Waals surface area contributed by atoms with Crippen LogP contribution in [-0.4, -0.2) is 146 Å². The number of likely N-dealkylation sites (tertiary alicyclic amines) is 1. The second-order valence-corrected chi connectivity index (χ2v) is 17.6. The minimum Gasteiger partial charge on any atom is -0.480 e. The SMILES string of the molecule is CC[C@H](C)[C@H](NC(=O)[C@@H]1CCCN1C(=O)[C@H](Cc1cnc[nH]1)NC(=O)[C@@H](NC(=O)[C@H](CCO)NC(=O)[C@@H](NC(=O)[C@H](CCCN=C(N)N)NC(=O)C(C)(C)N)C(C)C)[C@@H](C)CC)C(=O)O. The van der Waals surface area contributed by atoms with E-state index >= 15 is 0 Å². The first-order valence-corrected chi connectivity index (χ1v) is 22.2. The number of nitrogens with two attached hydrogens (primary N) is 3. The largest absolute Gasteiger partial charge is 0.480 e. The Balaban J connectivity index is 2.34. The quantitative estimate of drug-likeness (QED) is 0.0255. The molecule has 0 saturated carbocycles. The lowest BCUT2D eigenvalue weighted by Crippen LogP contribution is -2.62. The van der Waals surface area contributed by atoms with Gasteiger partial charge in [0.25, 0.3) is 0 Å². The Morgan fingerprint density at radius 1 is 0.831 bits per heavy atom. The topological polar surface area (TPSA) is 372 Å². The van der Waals surface area contributed by atoms with Crippen molar-refractivity contribution in [1.82, 2.24) is 46.8 Å². The molecule has 2 rings (SSSR count). The van der Waals surface area contributed by atoms with E-state index in [0.29, 0.717) is 25.0 Å². The van der Waals surface area contributed by atoms with Crippen LogP contribution in [0.2, 0.25) is 0 Å². The molecule has 2 heterocycles. The Morgan fingerprint density at radius 2 is 1.40 bits per heavy atom. The summed E-state index contributed by atoms with van der Waals surface area (Å²) in [5, 5.41) is 35.6. The summed E-state index contributed by atoms with van der Waals surface area (Å²) in [7, 11) is 0. The number of aromatic amines is 1. The minimum absolute atomic E-state index is 0.0719. The fraction of sp³-hybridized carbons (Fsp3) is 0.714. The minimum atomic E-state index is -1.39. The number of carboxylic acids is 1. The third-order valence-electron chi connectivity index (χ3n) is 11.5. The Labute approximate surface area is 380 Å². The first-order chi connectivity index (χ1) is 30.5. The molecule has 0 radical (unpaired) electrons. The van der Waals surface area contributed by atoms with E-state index in [-0.39, 0.29) is 57.1 Å². The fourth-order valence-corrected chi connectivity index (χ4v) is 7.03. The van der Waals surface area contributed by atoms with E-state index in [0.717, 1.165) is 0 Å². The van der Waals surface area contributed by atoms with E-state index in [1.807, 2.05) is 0 Å². The van der Waals surface area contributed by atoms with E-state index in [1.54, 1.807) is 41.5 Å². The standard InChI is InChI=1S/C42H73N13O10/c1-9-23(5)31(37(61)50-28(19-25-20-46-21-48-25)38(62)55-17-12-14-29(55)35(59)54-32(39(63)64)24(6)10-2)53-34(58)27(15-18-56)49-36(60)30(22(3)4)52-33(57)26(13-11-16-47-41(43)44)51-40(65)42(7,8)45/h20-24,26-32,56H,9-19,45H2,1-8H3,(H,46,48)(H,49,60)(H,50,61)(H,51,65)(H,52,57)(H,53,58)(H,54,59)(H,63,64)(H4,43,44,47)/t23-,24-,26-,27-,28-,29-,30-,31-,32-/m0/s1. The highest BCUT2D eigenvalue weighted by molar-refractivity contribution is 5.98. The van der Waals surface area contributed by atoms with Crippen LogP contribution in [0.1, 0.15) is 106 Å². The number of imidazole rings is 1. The van der Waals surface area contributed by atoms with Gasteiger partial charge in [0.2, 0.25) is 41.4 Å². The molecule has 23 heteroatoms. The van der Waals surface area contributed by atoms with Crippen LogP contribution in [0.4, 0.5) is 0 Å². The highest BCUT2D eigenvalue weighted by atomic mass is 16.4. The maximum absolute atomic E-state index is 14.3. The molecule has 1 aliphatic rings. The number of nitrogens with zero attached hydrogens (tertiary/aromatic N) is 3. The van der Waals surface area contributed by atoms with Crippen molar-refractivity contribution in [3.63, 3.8) is 0 Å². The van der Waals surface area contributed by atoms with Crippen LogP contribution in [0.3, 0.4) is 0 Å². The van der Waals surface area contributed by atoms with Crippen molar-refractivity contribution in [3.05, 3.63) is 18.2 Å². The lowest BCUT2D eigenvalue weighted by atomic mass is 9.96. The summed E-state index contributed by atoms with van der Waals surface area (Å²) >= 11 is 0. The van der Waals surface area contributed by atoms with E-state index in [4.69, 9.17) is 17.2 Å². The number of amides is 7. The normalized spacial score (nSPS) is 17.5. The van der Waals surface area contributed by atoms with Crippen molar-refractivity contribution in [3.8, 4) is 0 Å². The van der Waals surface area contributed by atoms with Crippen LogP contribution >= 0.6 is 0 Å². The molecule has 23 nitrogen and oxygen atoms in total. The molecule has 366 valence electrons. The first kappa shape index (κ1) is 55.3. The van der Waals surface area contributed by atoms with E-state index < -0.39 is 114 Å². The Bertz CT molecular complexity index is 1800. The van der Waals surface area contributed by atoms with Gasteiger partial charge >= 0.3 is 5.97 Å². The van der Waals surface area contributed by atoms with E-state index in [1.165, 1.54) is 31.3 Å². The number of hydrogen-bond acceptors (Lipinski definition) is 12. The van der Waals surface area contributed by atoms with Crippen molar-refractivity contribution in [1.29, 1.82) is 0 Å². The molecule has 0 bridgehead atoms. The first-order valence-electron chi connectivity index (χ1n) is 22.2. The van der Waals surface area contributed by atoms with Gasteiger partial charge in [0, 0.05) is 38.0 Å². The molecule has 1 saturated heterocycles. The second kappa shape index (κ2) is 26.2. The van der Waals surface area contributed by atoms with Crippen molar-refractivity contribution >= 4 is 53.3 Å². The van der Waals surface area contributed by atoms with E-state index in [2.05, 4.69) is 46.9 Å². The third kappa shape index (κ3) is 17.2. The Morgan fingerprint density at radius 3 is 1.92 bits per heavy atom. The lowest BCUT2D eigenvalue weighted by molar-refractivity contribution is -0.146. The highest BCUT2D eigenvalue weighted by Gasteiger charge is 2.41. The van der Waals surface area contributed by atoms with Gasteiger partial charge in [0.05, 0.1) is 11.9 Å². The Hall–Kier alpha value is -5.84. The smallest absolute Gasteiger partial charge is 0.326 e. The van der Waals surface area contributed by atoms with Gasteiger partial charge in [0.1, 0.15) is 42.3 Å². The number of nitrogens with one attached hydrogen (secondary N) is 7. The van der Waals surface area contributed by atoms with Crippen molar-refractivity contribution in [2.75, 3.05) is 19.7 Å². The number of carbonyl (C=O) groups excluding carboxylic acids is 7. The molecular formula is C42H73N13O10. The second-order valence-electron chi connectivity index (χ2n) is 17.6. The summed E-state index contributed by atoms with van der Waals surface area (Å²) < 4.78 is 0. The number of aliphatic hydroxyl groups is 1. The average Bonchev–Trinajstić information content (AvgIpc) is 3.95. The molecule has 1 aromatic rings. The zero-order chi connectivity index (χ0) is 49.2. The molecule has 7 amide bonds. The van der Waals surface area contributed by atoms with Crippen molar-refractivity contribution < 1.29 is 48.6 Å². The zero-order valence-corrected chi connectivity index (χ0v) is 38.9. The van der Waals surface area contributed by atoms with Gasteiger partial charge < -0.3 is 69.2 Å². The molecule has 1 fully saturated rings. The van der Waals surface area contributed by atoms with Gasteiger partial charge in [-0.1, -0.05) is 54.4 Å². The van der Waals surface area contributed by atoms with Crippen LogP contribution in [-0.2, 0) is 44.8 Å². The molecule has 0 spiro atoms. The molecule has 1 aromatic heterocycles. The summed E-state index contributed by atoms with van der Waals surface area (Å²) in [6.07, 6.45) is 4.48. The van der Waals surface area contributed by atoms with Crippen LogP contribution in [0, 0.1) is 17.8 Å². The van der Waals surface area contributed by atoms with Gasteiger partial charge in [-0.25, -0.2) is 9.78 Å². The maximum atomic E-state index is 14.3. The van der Waals surface area contributed by atoms with Crippen LogP contribution in [0.15, 0.2) is 17.5 Å². The number of aliphatic carboxylic acids is 1. The number of carbonyl (C=O) groups is 8. The van der Waals surface area contributed by atoms with Crippen LogP contribution in [0.5, 0.6) is 0 Å². The number of carboxylic acid groups (broad SMARTS) is 1. The number of H-pyrrole nitrogens is 1. The number of hydrogen-bond donors (Lipinski definition) is 12. The molecule has 65 heavy (non-hydrogen) atoms. The number of aromatic nitrogens is 2. The van der Waals surface area contributed by atoms with Crippen molar-refractivity contribution in [2.45, 2.75) is 155 Å². The number of aliphatic imine (C=N–C) groups is 1. The summed E-state index contributed by atoms with van der Waals surface area (Å²) in [5.41, 5.74) is 15.9. The van der Waals surface area contributed by atoms with E-state index in [9.17, 15) is 48.6 Å². The van der Waals surface area contributed by atoms with Crippen LogP contribution in [0.25, 0.3) is 0 Å².